The van der Waals surface area contributed by atoms with Crippen molar-refractivity contribution in [1.29, 1.82) is 0 Å². The highest BCUT2D eigenvalue weighted by molar-refractivity contribution is 5.37. The molecule has 0 saturated carbocycles. The Bertz CT molecular complexity index is 129. The molecule has 0 N–H and O–H groups in total. The van der Waals surface area contributed by atoms with Crippen LogP contribution in [0.1, 0.15) is 25.7 Å². The third-order valence-electron chi connectivity index (χ3n) is 1.71. The first-order valence-electron chi connectivity index (χ1n) is 3.67. The van der Waals surface area contributed by atoms with Crippen LogP contribution in [0.4, 0.5) is 0 Å². The van der Waals surface area contributed by atoms with Gasteiger partial charge in [-0.05, 0) is 19.3 Å². The summed E-state index contributed by atoms with van der Waals surface area (Å²) in [6.07, 6.45) is 8.52. The molecule has 0 aliphatic heterocycles. The summed E-state index contributed by atoms with van der Waals surface area (Å²) < 4.78 is 4.83. The Morgan fingerprint density at radius 1 is 1.50 bits per heavy atom. The van der Waals surface area contributed by atoms with Gasteiger partial charge in [0, 0.05) is 6.42 Å². The number of carbonyl (C=O) groups is 1. The molecule has 1 atom stereocenters. The quantitative estimate of drug-likeness (QED) is 0.430. The molecule has 0 heterocycles. The Hall–Kier alpha value is -0.790. The number of ether oxygens (including phenoxy) is 1. The minimum absolute atomic E-state index is 0.135. The van der Waals surface area contributed by atoms with Crippen LogP contribution in [-0.2, 0) is 9.53 Å². The third kappa shape index (κ3) is 2.21. The fourth-order valence-electron chi connectivity index (χ4n) is 1.15. The monoisotopic (exact) mass is 140 g/mol. The summed E-state index contributed by atoms with van der Waals surface area (Å²) >= 11 is 0. The van der Waals surface area contributed by atoms with Crippen LogP contribution in [0.3, 0.4) is 0 Å². The van der Waals surface area contributed by atoms with Crippen molar-refractivity contribution in [3.63, 3.8) is 0 Å². The molecule has 0 aromatic heterocycles. The Morgan fingerprint density at radius 3 is 3.20 bits per heavy atom. The molecule has 1 rings (SSSR count). The first kappa shape index (κ1) is 7.32. The van der Waals surface area contributed by atoms with Gasteiger partial charge in [0.2, 0.25) is 0 Å². The summed E-state index contributed by atoms with van der Waals surface area (Å²) in [5, 5.41) is 0. The molecule has 0 aromatic carbocycles. The van der Waals surface area contributed by atoms with Gasteiger partial charge in [0.05, 0.1) is 0 Å². The molecular formula is C8H12O2. The predicted molar refractivity (Wildman–Crippen MR) is 38.5 cm³/mol. The molecule has 0 aromatic rings. The van der Waals surface area contributed by atoms with Gasteiger partial charge in [0.25, 0.3) is 6.47 Å². The van der Waals surface area contributed by atoms with Gasteiger partial charge in [0.15, 0.2) is 0 Å². The van der Waals surface area contributed by atoms with Crippen molar-refractivity contribution in [2.45, 2.75) is 31.8 Å². The Labute approximate surface area is 60.9 Å². The van der Waals surface area contributed by atoms with Gasteiger partial charge in [-0.2, -0.15) is 0 Å². The second kappa shape index (κ2) is 4.09. The van der Waals surface area contributed by atoms with Crippen molar-refractivity contribution >= 4 is 6.47 Å². The second-order valence-electron chi connectivity index (χ2n) is 2.49. The van der Waals surface area contributed by atoms with Gasteiger partial charge in [0.1, 0.15) is 6.10 Å². The summed E-state index contributed by atoms with van der Waals surface area (Å²) in [6.45, 7) is 0.545. The van der Waals surface area contributed by atoms with E-state index < -0.39 is 0 Å². The van der Waals surface area contributed by atoms with Crippen molar-refractivity contribution in [2.75, 3.05) is 0 Å². The van der Waals surface area contributed by atoms with E-state index >= 15 is 0 Å². The number of hydrogen-bond donors (Lipinski definition) is 0. The van der Waals surface area contributed by atoms with E-state index in [1.54, 1.807) is 0 Å². The van der Waals surface area contributed by atoms with Crippen LogP contribution >= 0.6 is 0 Å². The first-order valence-corrected chi connectivity index (χ1v) is 3.67. The van der Waals surface area contributed by atoms with Crippen LogP contribution in [0, 0.1) is 0 Å². The number of allylic oxidation sites excluding steroid dienone is 1. The van der Waals surface area contributed by atoms with Crippen LogP contribution in [0.5, 0.6) is 0 Å². The van der Waals surface area contributed by atoms with E-state index in [0.717, 1.165) is 25.7 Å². The normalized spacial score (nSPS) is 25.4. The molecule has 10 heavy (non-hydrogen) atoms. The topological polar surface area (TPSA) is 26.3 Å². The molecule has 56 valence electrons. The summed E-state index contributed by atoms with van der Waals surface area (Å²) in [5.41, 5.74) is 0. The predicted octanol–water partition coefficient (Wildman–Crippen LogP) is 1.66. The van der Waals surface area contributed by atoms with Crippen molar-refractivity contribution < 1.29 is 9.53 Å². The van der Waals surface area contributed by atoms with E-state index in [1.807, 2.05) is 0 Å². The van der Waals surface area contributed by atoms with E-state index in [-0.39, 0.29) is 6.10 Å². The van der Waals surface area contributed by atoms with Crippen LogP contribution in [0.2, 0.25) is 0 Å². The van der Waals surface area contributed by atoms with Gasteiger partial charge in [-0.1, -0.05) is 12.2 Å². The lowest BCUT2D eigenvalue weighted by atomic mass is 10.2. The zero-order chi connectivity index (χ0) is 7.23. The summed E-state index contributed by atoms with van der Waals surface area (Å²) in [6, 6.07) is 0. The lowest BCUT2D eigenvalue weighted by Crippen LogP contribution is -2.09. The van der Waals surface area contributed by atoms with Crippen molar-refractivity contribution in [3.8, 4) is 0 Å². The van der Waals surface area contributed by atoms with Crippen molar-refractivity contribution in [2.24, 2.45) is 0 Å². The highest BCUT2D eigenvalue weighted by atomic mass is 16.5. The molecule has 1 unspecified atom stereocenters. The summed E-state index contributed by atoms with van der Waals surface area (Å²) in [7, 11) is 0. The maximum atomic E-state index is 9.94. The molecule has 0 spiro atoms. The molecule has 0 fully saturated rings. The summed E-state index contributed by atoms with van der Waals surface area (Å²) in [4.78, 5) is 9.94. The Kier molecular flexibility index (Phi) is 3.00. The highest BCUT2D eigenvalue weighted by Crippen LogP contribution is 2.13. The molecule has 0 bridgehead atoms. The average Bonchev–Trinajstić information content (AvgIpc) is 2.17. The fraction of sp³-hybridized carbons (Fsp3) is 0.625. The number of rotatable bonds is 2. The van der Waals surface area contributed by atoms with Crippen LogP contribution < -0.4 is 0 Å². The third-order valence-corrected chi connectivity index (χ3v) is 1.71. The number of carbonyl (C=O) groups excluding carboxylic acids is 1. The maximum Gasteiger partial charge on any atom is 0.293 e. The van der Waals surface area contributed by atoms with Crippen LogP contribution in [-0.4, -0.2) is 12.6 Å². The lowest BCUT2D eigenvalue weighted by Gasteiger charge is -2.09. The fourth-order valence-corrected chi connectivity index (χ4v) is 1.15. The first-order chi connectivity index (χ1) is 4.93. The smallest absolute Gasteiger partial charge is 0.293 e. The van der Waals surface area contributed by atoms with E-state index in [0.29, 0.717) is 6.47 Å². The molecule has 0 amide bonds. The zero-order valence-corrected chi connectivity index (χ0v) is 5.95. The van der Waals surface area contributed by atoms with E-state index in [2.05, 4.69) is 12.2 Å². The van der Waals surface area contributed by atoms with Gasteiger partial charge >= 0.3 is 0 Å². The van der Waals surface area contributed by atoms with Crippen LogP contribution in [0.25, 0.3) is 0 Å². The molecule has 0 saturated heterocycles. The second-order valence-corrected chi connectivity index (χ2v) is 2.49. The minimum Gasteiger partial charge on any atom is -0.464 e. The summed E-state index contributed by atoms with van der Waals surface area (Å²) in [5.74, 6) is 0. The van der Waals surface area contributed by atoms with E-state index in [1.165, 1.54) is 0 Å². The van der Waals surface area contributed by atoms with Crippen LogP contribution in [0.15, 0.2) is 12.2 Å². The van der Waals surface area contributed by atoms with Gasteiger partial charge < -0.3 is 4.74 Å². The molecular weight excluding hydrogens is 128 g/mol. The zero-order valence-electron chi connectivity index (χ0n) is 5.95. The molecule has 1 aliphatic carbocycles. The molecule has 1 aliphatic rings. The minimum atomic E-state index is 0.135. The van der Waals surface area contributed by atoms with Crippen molar-refractivity contribution in [1.82, 2.24) is 0 Å². The highest BCUT2D eigenvalue weighted by Gasteiger charge is 2.07. The Morgan fingerprint density at radius 2 is 2.40 bits per heavy atom. The molecule has 2 nitrogen and oxygen atoms in total. The SMILES string of the molecule is O=COC1CC=CCCC1. The van der Waals surface area contributed by atoms with Gasteiger partial charge in [-0.25, -0.2) is 0 Å². The van der Waals surface area contributed by atoms with Gasteiger partial charge in [-0.15, -0.1) is 0 Å². The van der Waals surface area contributed by atoms with E-state index in [4.69, 9.17) is 4.74 Å². The Balaban J connectivity index is 2.29. The van der Waals surface area contributed by atoms with Gasteiger partial charge in [-0.3, -0.25) is 4.79 Å². The molecule has 2 heteroatoms. The maximum absolute atomic E-state index is 9.94. The largest absolute Gasteiger partial charge is 0.464 e. The number of hydrogen-bond acceptors (Lipinski definition) is 2. The molecule has 0 radical (unpaired) electrons. The average molecular weight is 140 g/mol. The standard InChI is InChI=1S/C8H12O2/c9-7-10-8-5-3-1-2-4-6-8/h1,3,7-8H,2,4-6H2. The lowest BCUT2D eigenvalue weighted by molar-refractivity contribution is -0.133. The van der Waals surface area contributed by atoms with E-state index in [9.17, 15) is 4.79 Å². The van der Waals surface area contributed by atoms with Crippen molar-refractivity contribution in [3.05, 3.63) is 12.2 Å².